The molecule has 92 valence electrons. The van der Waals surface area contributed by atoms with Crippen LogP contribution in [0.3, 0.4) is 0 Å². The van der Waals surface area contributed by atoms with Gasteiger partial charge in [-0.05, 0) is 38.1 Å². The largest absolute Gasteiger partial charge is 0.314 e. The molecule has 1 nitrogen and oxygen atoms in total. The molecule has 1 saturated carbocycles. The summed E-state index contributed by atoms with van der Waals surface area (Å²) < 4.78 is 0. The summed E-state index contributed by atoms with van der Waals surface area (Å²) in [6.07, 6.45) is 17.2. The highest BCUT2D eigenvalue weighted by atomic mass is 14.9. The van der Waals surface area contributed by atoms with Gasteiger partial charge in [-0.15, -0.1) is 12.3 Å². The third-order valence-corrected chi connectivity index (χ3v) is 3.73. The van der Waals surface area contributed by atoms with E-state index >= 15 is 0 Å². The zero-order valence-corrected chi connectivity index (χ0v) is 10.8. The highest BCUT2D eigenvalue weighted by Gasteiger charge is 2.21. The van der Waals surface area contributed by atoms with E-state index in [1.54, 1.807) is 0 Å². The van der Waals surface area contributed by atoms with Crippen LogP contribution in [0.1, 0.15) is 64.7 Å². The second-order valence-corrected chi connectivity index (χ2v) is 5.06. The molecule has 0 aromatic carbocycles. The Labute approximate surface area is 101 Å². The summed E-state index contributed by atoms with van der Waals surface area (Å²) in [6.45, 7) is 3.38. The van der Waals surface area contributed by atoms with Crippen LogP contribution in [0.4, 0.5) is 0 Å². The number of hydrogen-bond acceptors (Lipinski definition) is 1. The zero-order valence-electron chi connectivity index (χ0n) is 10.8. The van der Waals surface area contributed by atoms with E-state index in [-0.39, 0.29) is 0 Å². The van der Waals surface area contributed by atoms with E-state index < -0.39 is 0 Å². The maximum atomic E-state index is 5.39. The Morgan fingerprint density at radius 3 is 2.50 bits per heavy atom. The van der Waals surface area contributed by atoms with Gasteiger partial charge in [0.1, 0.15) is 0 Å². The number of terminal acetylenes is 1. The monoisotopic (exact) mass is 221 g/mol. The molecule has 0 aromatic heterocycles. The quantitative estimate of drug-likeness (QED) is 0.532. The van der Waals surface area contributed by atoms with Crippen LogP contribution in [0.15, 0.2) is 0 Å². The van der Waals surface area contributed by atoms with Crippen LogP contribution in [0.25, 0.3) is 0 Å². The molecule has 0 amide bonds. The van der Waals surface area contributed by atoms with Crippen molar-refractivity contribution >= 4 is 0 Å². The van der Waals surface area contributed by atoms with Gasteiger partial charge in [0.2, 0.25) is 0 Å². The first-order valence-electron chi connectivity index (χ1n) is 7.05. The Kier molecular flexibility index (Phi) is 7.34. The molecular weight excluding hydrogens is 194 g/mol. The predicted octanol–water partition coefficient (Wildman–Crippen LogP) is 3.74. The van der Waals surface area contributed by atoms with Crippen molar-refractivity contribution in [3.63, 3.8) is 0 Å². The zero-order chi connectivity index (χ0) is 11.6. The SMILES string of the molecule is C#CCCC(NCCC)C1CCCCCC1. The van der Waals surface area contributed by atoms with Gasteiger partial charge in [0.25, 0.3) is 0 Å². The Morgan fingerprint density at radius 2 is 1.94 bits per heavy atom. The minimum atomic E-state index is 0.675. The summed E-state index contributed by atoms with van der Waals surface area (Å²) in [5.41, 5.74) is 0. The van der Waals surface area contributed by atoms with Crippen LogP contribution in [-0.2, 0) is 0 Å². The molecule has 1 aliphatic carbocycles. The van der Waals surface area contributed by atoms with Crippen molar-refractivity contribution in [2.24, 2.45) is 5.92 Å². The van der Waals surface area contributed by atoms with Gasteiger partial charge in [0, 0.05) is 12.5 Å². The summed E-state index contributed by atoms with van der Waals surface area (Å²) in [7, 11) is 0. The summed E-state index contributed by atoms with van der Waals surface area (Å²) in [6, 6.07) is 0.675. The Morgan fingerprint density at radius 1 is 1.25 bits per heavy atom. The van der Waals surface area contributed by atoms with Gasteiger partial charge in [0.05, 0.1) is 0 Å². The lowest BCUT2D eigenvalue weighted by Gasteiger charge is -2.26. The average molecular weight is 221 g/mol. The molecule has 0 bridgehead atoms. The second kappa shape index (κ2) is 8.65. The minimum Gasteiger partial charge on any atom is -0.314 e. The molecule has 0 radical (unpaired) electrons. The van der Waals surface area contributed by atoms with Gasteiger partial charge in [-0.3, -0.25) is 0 Å². The fourth-order valence-electron chi connectivity index (χ4n) is 2.79. The van der Waals surface area contributed by atoms with Crippen LogP contribution in [0, 0.1) is 18.3 Å². The molecule has 0 aliphatic heterocycles. The van der Waals surface area contributed by atoms with E-state index in [0.717, 1.165) is 18.9 Å². The van der Waals surface area contributed by atoms with E-state index in [1.807, 2.05) is 0 Å². The van der Waals surface area contributed by atoms with Crippen molar-refractivity contribution in [3.05, 3.63) is 0 Å². The molecule has 16 heavy (non-hydrogen) atoms. The molecule has 1 N–H and O–H groups in total. The molecule has 0 aromatic rings. The topological polar surface area (TPSA) is 12.0 Å². The third kappa shape index (κ3) is 5.03. The molecule has 0 heterocycles. The highest BCUT2D eigenvalue weighted by Crippen LogP contribution is 2.27. The van der Waals surface area contributed by atoms with E-state index in [1.165, 1.54) is 51.4 Å². The van der Waals surface area contributed by atoms with Gasteiger partial charge in [0.15, 0.2) is 0 Å². The van der Waals surface area contributed by atoms with E-state index in [9.17, 15) is 0 Å². The number of nitrogens with one attached hydrogen (secondary N) is 1. The summed E-state index contributed by atoms with van der Waals surface area (Å²) in [5.74, 6) is 3.67. The molecule has 0 saturated heterocycles. The van der Waals surface area contributed by atoms with E-state index in [0.29, 0.717) is 6.04 Å². The van der Waals surface area contributed by atoms with Crippen molar-refractivity contribution in [2.45, 2.75) is 70.8 Å². The molecule has 0 spiro atoms. The van der Waals surface area contributed by atoms with Gasteiger partial charge in [-0.1, -0.05) is 32.6 Å². The fourth-order valence-corrected chi connectivity index (χ4v) is 2.79. The van der Waals surface area contributed by atoms with Crippen LogP contribution in [0.2, 0.25) is 0 Å². The molecule has 1 atom stereocenters. The average Bonchev–Trinajstić information content (AvgIpc) is 2.58. The van der Waals surface area contributed by atoms with Crippen molar-refractivity contribution in [3.8, 4) is 12.3 Å². The minimum absolute atomic E-state index is 0.675. The van der Waals surface area contributed by atoms with Crippen molar-refractivity contribution in [2.75, 3.05) is 6.54 Å². The molecule has 1 heteroatoms. The highest BCUT2D eigenvalue weighted by molar-refractivity contribution is 4.88. The maximum absolute atomic E-state index is 5.39. The fraction of sp³-hybridized carbons (Fsp3) is 0.867. The Balaban J connectivity index is 2.41. The molecule has 1 unspecified atom stereocenters. The normalized spacial score (nSPS) is 20.0. The van der Waals surface area contributed by atoms with Crippen molar-refractivity contribution < 1.29 is 0 Å². The first-order chi connectivity index (χ1) is 7.88. The third-order valence-electron chi connectivity index (χ3n) is 3.73. The molecule has 1 rings (SSSR count). The maximum Gasteiger partial charge on any atom is 0.0104 e. The van der Waals surface area contributed by atoms with E-state index in [4.69, 9.17) is 6.42 Å². The summed E-state index contributed by atoms with van der Waals surface area (Å²) >= 11 is 0. The number of hydrogen-bond donors (Lipinski definition) is 1. The van der Waals surface area contributed by atoms with Gasteiger partial charge in [-0.2, -0.15) is 0 Å². The molecular formula is C15H27N. The number of rotatable bonds is 6. The first-order valence-corrected chi connectivity index (χ1v) is 7.05. The lowest BCUT2D eigenvalue weighted by Crippen LogP contribution is -2.36. The summed E-state index contributed by atoms with van der Waals surface area (Å²) in [5, 5.41) is 3.71. The van der Waals surface area contributed by atoms with Crippen LogP contribution < -0.4 is 5.32 Å². The first kappa shape index (κ1) is 13.6. The van der Waals surface area contributed by atoms with Crippen LogP contribution in [-0.4, -0.2) is 12.6 Å². The smallest absolute Gasteiger partial charge is 0.0104 e. The summed E-state index contributed by atoms with van der Waals surface area (Å²) in [4.78, 5) is 0. The van der Waals surface area contributed by atoms with Crippen molar-refractivity contribution in [1.29, 1.82) is 0 Å². The van der Waals surface area contributed by atoms with Gasteiger partial charge < -0.3 is 5.32 Å². The Bertz CT molecular complexity index is 196. The lowest BCUT2D eigenvalue weighted by molar-refractivity contribution is 0.307. The van der Waals surface area contributed by atoms with Crippen LogP contribution in [0.5, 0.6) is 0 Å². The van der Waals surface area contributed by atoms with Gasteiger partial charge >= 0.3 is 0 Å². The standard InChI is InChI=1S/C15H27N/c1-3-5-12-15(16-13-4-2)14-10-8-6-7-9-11-14/h1,14-16H,4-13H2,2H3. The molecule has 1 fully saturated rings. The predicted molar refractivity (Wildman–Crippen MR) is 71.3 cm³/mol. The lowest BCUT2D eigenvalue weighted by atomic mass is 9.89. The Hall–Kier alpha value is -0.480. The second-order valence-electron chi connectivity index (χ2n) is 5.06. The van der Waals surface area contributed by atoms with Gasteiger partial charge in [-0.25, -0.2) is 0 Å². The van der Waals surface area contributed by atoms with Crippen molar-refractivity contribution in [1.82, 2.24) is 5.32 Å². The van der Waals surface area contributed by atoms with E-state index in [2.05, 4.69) is 18.2 Å². The van der Waals surface area contributed by atoms with Crippen LogP contribution >= 0.6 is 0 Å². The molecule has 1 aliphatic rings.